The second-order valence-corrected chi connectivity index (χ2v) is 5.36. The van der Waals surface area contributed by atoms with E-state index in [0.29, 0.717) is 13.0 Å². The highest BCUT2D eigenvalue weighted by atomic mass is 16.5. The van der Waals surface area contributed by atoms with Crippen LogP contribution in [0.1, 0.15) is 17.5 Å². The molecule has 3 heteroatoms. The molecule has 1 heterocycles. The van der Waals surface area contributed by atoms with Crippen LogP contribution in [0, 0.1) is 0 Å². The predicted octanol–water partition coefficient (Wildman–Crippen LogP) is 2.99. The largest absolute Gasteiger partial charge is 0.493 e. The Morgan fingerprint density at radius 2 is 2.00 bits per heavy atom. The van der Waals surface area contributed by atoms with Gasteiger partial charge in [-0.05, 0) is 42.2 Å². The van der Waals surface area contributed by atoms with Gasteiger partial charge < -0.3 is 14.6 Å². The highest BCUT2D eigenvalue weighted by Gasteiger charge is 2.12. The van der Waals surface area contributed by atoms with Crippen LogP contribution in [0.5, 0.6) is 11.5 Å². The first-order chi connectivity index (χ1) is 10.3. The summed E-state index contributed by atoms with van der Waals surface area (Å²) in [4.78, 5) is 0. The highest BCUT2D eigenvalue weighted by molar-refractivity contribution is 5.39. The number of fused-ring (bicyclic) bond motifs is 1. The zero-order valence-corrected chi connectivity index (χ0v) is 12.0. The number of hydrogen-bond acceptors (Lipinski definition) is 3. The molecule has 0 amide bonds. The van der Waals surface area contributed by atoms with Gasteiger partial charge in [0.05, 0.1) is 12.7 Å². The lowest BCUT2D eigenvalue weighted by molar-refractivity contribution is 0.100. The van der Waals surface area contributed by atoms with Crippen molar-refractivity contribution in [2.75, 3.05) is 13.2 Å². The highest BCUT2D eigenvalue weighted by Crippen LogP contribution is 2.26. The molecule has 2 aromatic carbocycles. The van der Waals surface area contributed by atoms with Crippen molar-refractivity contribution in [2.45, 2.75) is 25.4 Å². The van der Waals surface area contributed by atoms with Gasteiger partial charge in [-0.1, -0.05) is 30.3 Å². The van der Waals surface area contributed by atoms with Gasteiger partial charge in [-0.3, -0.25) is 0 Å². The van der Waals surface area contributed by atoms with Gasteiger partial charge in [-0.15, -0.1) is 0 Å². The van der Waals surface area contributed by atoms with Crippen molar-refractivity contribution in [1.29, 1.82) is 0 Å². The van der Waals surface area contributed by atoms with Crippen molar-refractivity contribution in [3.05, 3.63) is 59.7 Å². The molecule has 1 N–H and O–H groups in total. The topological polar surface area (TPSA) is 38.7 Å². The van der Waals surface area contributed by atoms with Gasteiger partial charge in [-0.2, -0.15) is 0 Å². The second kappa shape index (κ2) is 6.64. The molecule has 0 aliphatic carbocycles. The molecule has 1 aliphatic rings. The molecule has 0 fully saturated rings. The molecule has 0 spiro atoms. The molecule has 0 radical (unpaired) electrons. The van der Waals surface area contributed by atoms with Crippen LogP contribution in [-0.4, -0.2) is 24.4 Å². The monoisotopic (exact) mass is 284 g/mol. The molecule has 3 nitrogen and oxygen atoms in total. The molecule has 0 saturated heterocycles. The van der Waals surface area contributed by atoms with E-state index in [1.807, 2.05) is 36.4 Å². The number of para-hydroxylation sites is 1. The molecular formula is C18H20O3. The van der Waals surface area contributed by atoms with Crippen molar-refractivity contribution in [3.8, 4) is 11.5 Å². The maximum absolute atomic E-state index is 10.0. The Kier molecular flexibility index (Phi) is 4.41. The van der Waals surface area contributed by atoms with E-state index in [1.54, 1.807) is 0 Å². The Morgan fingerprint density at radius 1 is 1.14 bits per heavy atom. The van der Waals surface area contributed by atoms with Gasteiger partial charge in [0.15, 0.2) is 0 Å². The summed E-state index contributed by atoms with van der Waals surface area (Å²) in [5.41, 5.74) is 2.53. The van der Waals surface area contributed by atoms with Gasteiger partial charge in [-0.25, -0.2) is 0 Å². The molecule has 1 aliphatic heterocycles. The first-order valence-electron chi connectivity index (χ1n) is 7.42. The normalized spacial score (nSPS) is 14.3. The zero-order chi connectivity index (χ0) is 14.5. The molecule has 1 unspecified atom stereocenters. The quantitative estimate of drug-likeness (QED) is 0.886. The van der Waals surface area contributed by atoms with Crippen LogP contribution in [0.15, 0.2) is 48.5 Å². The van der Waals surface area contributed by atoms with Crippen molar-refractivity contribution in [1.82, 2.24) is 0 Å². The van der Waals surface area contributed by atoms with E-state index < -0.39 is 6.10 Å². The van der Waals surface area contributed by atoms with Crippen LogP contribution in [0.4, 0.5) is 0 Å². The molecule has 0 aromatic heterocycles. The average Bonchev–Trinajstić information content (AvgIpc) is 2.99. The first-order valence-corrected chi connectivity index (χ1v) is 7.42. The summed E-state index contributed by atoms with van der Waals surface area (Å²) in [6.45, 7) is 1.12. The molecule has 3 rings (SSSR count). The van der Waals surface area contributed by atoms with E-state index in [2.05, 4.69) is 12.1 Å². The minimum absolute atomic E-state index is 0.331. The van der Waals surface area contributed by atoms with Crippen LogP contribution < -0.4 is 9.47 Å². The third-order valence-electron chi connectivity index (χ3n) is 3.71. The third-order valence-corrected chi connectivity index (χ3v) is 3.71. The van der Waals surface area contributed by atoms with Gasteiger partial charge in [0.1, 0.15) is 18.1 Å². The van der Waals surface area contributed by atoms with Gasteiger partial charge in [0.25, 0.3) is 0 Å². The fraction of sp³-hybridized carbons (Fsp3) is 0.333. The Balaban J connectivity index is 1.46. The lowest BCUT2D eigenvalue weighted by Crippen LogP contribution is -2.18. The van der Waals surface area contributed by atoms with E-state index in [4.69, 9.17) is 9.47 Å². The van der Waals surface area contributed by atoms with E-state index in [9.17, 15) is 5.11 Å². The standard InChI is InChI=1S/C18H20O3/c19-16(13-21-17-4-2-1-3-5-17)8-6-14-7-9-18-15(12-14)10-11-20-18/h1-5,7,9,12,16,19H,6,8,10-11,13H2. The van der Waals surface area contributed by atoms with Crippen molar-refractivity contribution in [2.24, 2.45) is 0 Å². The molecule has 0 saturated carbocycles. The minimum atomic E-state index is -0.449. The zero-order valence-electron chi connectivity index (χ0n) is 12.0. The Morgan fingerprint density at radius 3 is 2.86 bits per heavy atom. The Hall–Kier alpha value is -2.00. The predicted molar refractivity (Wildman–Crippen MR) is 81.9 cm³/mol. The van der Waals surface area contributed by atoms with Crippen LogP contribution in [0.25, 0.3) is 0 Å². The average molecular weight is 284 g/mol. The minimum Gasteiger partial charge on any atom is -0.493 e. The second-order valence-electron chi connectivity index (χ2n) is 5.36. The van der Waals surface area contributed by atoms with Crippen LogP contribution in [-0.2, 0) is 12.8 Å². The van der Waals surface area contributed by atoms with Gasteiger partial charge >= 0.3 is 0 Å². The van der Waals surface area contributed by atoms with Crippen LogP contribution in [0.2, 0.25) is 0 Å². The van der Waals surface area contributed by atoms with Crippen molar-refractivity contribution in [3.63, 3.8) is 0 Å². The number of ether oxygens (including phenoxy) is 2. The molecule has 1 atom stereocenters. The number of rotatable bonds is 6. The first kappa shape index (κ1) is 14.0. The Labute approximate surface area is 125 Å². The molecule has 0 bridgehead atoms. The summed E-state index contributed by atoms with van der Waals surface area (Å²) in [5.74, 6) is 1.80. The molecule has 2 aromatic rings. The third kappa shape index (κ3) is 3.76. The number of aliphatic hydroxyl groups excluding tert-OH is 1. The maximum Gasteiger partial charge on any atom is 0.122 e. The lowest BCUT2D eigenvalue weighted by Gasteiger charge is -2.12. The van der Waals surface area contributed by atoms with E-state index in [0.717, 1.165) is 30.9 Å². The Bertz CT molecular complexity index is 580. The number of benzene rings is 2. The fourth-order valence-electron chi connectivity index (χ4n) is 2.52. The van der Waals surface area contributed by atoms with E-state index in [1.165, 1.54) is 11.1 Å². The number of aliphatic hydroxyl groups is 1. The summed E-state index contributed by atoms with van der Waals surface area (Å²) >= 11 is 0. The fourth-order valence-corrected chi connectivity index (χ4v) is 2.52. The van der Waals surface area contributed by atoms with Crippen LogP contribution in [0.3, 0.4) is 0 Å². The summed E-state index contributed by atoms with van der Waals surface area (Å²) in [6.07, 6.45) is 2.09. The lowest BCUT2D eigenvalue weighted by atomic mass is 10.0. The van der Waals surface area contributed by atoms with Crippen LogP contribution >= 0.6 is 0 Å². The van der Waals surface area contributed by atoms with Gasteiger partial charge in [0.2, 0.25) is 0 Å². The summed E-state index contributed by atoms with van der Waals surface area (Å²) in [5, 5.41) is 10.0. The molecule has 110 valence electrons. The summed E-state index contributed by atoms with van der Waals surface area (Å²) in [7, 11) is 0. The molecular weight excluding hydrogens is 264 g/mol. The van der Waals surface area contributed by atoms with E-state index in [-0.39, 0.29) is 0 Å². The smallest absolute Gasteiger partial charge is 0.122 e. The molecule has 21 heavy (non-hydrogen) atoms. The van der Waals surface area contributed by atoms with Crippen molar-refractivity contribution < 1.29 is 14.6 Å². The van der Waals surface area contributed by atoms with E-state index >= 15 is 0 Å². The summed E-state index contributed by atoms with van der Waals surface area (Å²) in [6, 6.07) is 15.9. The summed E-state index contributed by atoms with van der Waals surface area (Å²) < 4.78 is 11.1. The maximum atomic E-state index is 10.0. The van der Waals surface area contributed by atoms with Gasteiger partial charge in [0, 0.05) is 6.42 Å². The van der Waals surface area contributed by atoms with Crippen molar-refractivity contribution >= 4 is 0 Å². The SMILES string of the molecule is OC(CCc1ccc2c(c1)CCO2)COc1ccccc1. The number of hydrogen-bond donors (Lipinski definition) is 1. The number of aryl methyl sites for hydroxylation is 1.